The third kappa shape index (κ3) is 2.57. The fourth-order valence-corrected chi connectivity index (χ4v) is 7.80. The second-order valence-electron chi connectivity index (χ2n) is 9.56. The Kier molecular flexibility index (Phi) is 4.57. The van der Waals surface area contributed by atoms with Gasteiger partial charge in [0.25, 0.3) is 0 Å². The molecule has 22 heavy (non-hydrogen) atoms. The summed E-state index contributed by atoms with van der Waals surface area (Å²) in [6.07, 6.45) is 18.6. The van der Waals surface area contributed by atoms with Crippen LogP contribution in [0.25, 0.3) is 0 Å². The van der Waals surface area contributed by atoms with Gasteiger partial charge in [0, 0.05) is 0 Å². The maximum absolute atomic E-state index is 2.67. The van der Waals surface area contributed by atoms with Crippen LogP contribution in [-0.4, -0.2) is 0 Å². The van der Waals surface area contributed by atoms with E-state index in [1.807, 2.05) is 0 Å². The minimum atomic E-state index is 1.03. The van der Waals surface area contributed by atoms with Crippen LogP contribution in [0.3, 0.4) is 0 Å². The summed E-state index contributed by atoms with van der Waals surface area (Å²) in [5.41, 5.74) is 0. The average molecular weight is 303 g/mol. The SMILES string of the molecule is CC(C1CCCCC1)C1CCCC2C(C)C3CCCCC3C12. The van der Waals surface area contributed by atoms with Gasteiger partial charge in [-0.1, -0.05) is 65.2 Å². The van der Waals surface area contributed by atoms with Crippen molar-refractivity contribution in [2.24, 2.45) is 47.3 Å². The highest BCUT2D eigenvalue weighted by Gasteiger charge is 2.53. The van der Waals surface area contributed by atoms with Gasteiger partial charge in [-0.25, -0.2) is 0 Å². The smallest absolute Gasteiger partial charge is 0.0321 e. The van der Waals surface area contributed by atoms with E-state index < -0.39 is 0 Å². The van der Waals surface area contributed by atoms with Crippen molar-refractivity contribution in [2.45, 2.75) is 90.9 Å². The summed E-state index contributed by atoms with van der Waals surface area (Å²) in [4.78, 5) is 0. The molecule has 4 fully saturated rings. The molecule has 126 valence electrons. The Morgan fingerprint density at radius 2 is 1.27 bits per heavy atom. The maximum atomic E-state index is 2.67. The van der Waals surface area contributed by atoms with Gasteiger partial charge >= 0.3 is 0 Å². The monoisotopic (exact) mass is 302 g/mol. The van der Waals surface area contributed by atoms with Crippen molar-refractivity contribution >= 4 is 0 Å². The van der Waals surface area contributed by atoms with Gasteiger partial charge in [0.1, 0.15) is 0 Å². The summed E-state index contributed by atoms with van der Waals surface area (Å²) in [5, 5.41) is 0. The minimum Gasteiger partial charge on any atom is -0.0620 e. The minimum absolute atomic E-state index is 1.03. The highest BCUT2D eigenvalue weighted by Crippen LogP contribution is 2.60. The first-order valence-corrected chi connectivity index (χ1v) is 10.8. The van der Waals surface area contributed by atoms with Gasteiger partial charge in [-0.3, -0.25) is 0 Å². The Balaban J connectivity index is 1.54. The lowest BCUT2D eigenvalue weighted by Crippen LogP contribution is -2.37. The van der Waals surface area contributed by atoms with Gasteiger partial charge in [-0.05, 0) is 73.0 Å². The second kappa shape index (κ2) is 6.48. The summed E-state index contributed by atoms with van der Waals surface area (Å²) in [6.45, 7) is 5.31. The van der Waals surface area contributed by atoms with E-state index in [1.165, 1.54) is 25.7 Å². The molecule has 4 rings (SSSR count). The topological polar surface area (TPSA) is 0 Å². The van der Waals surface area contributed by atoms with E-state index >= 15 is 0 Å². The van der Waals surface area contributed by atoms with E-state index in [0.29, 0.717) is 0 Å². The van der Waals surface area contributed by atoms with Crippen molar-refractivity contribution in [3.63, 3.8) is 0 Å². The summed E-state index contributed by atoms with van der Waals surface area (Å²) in [6, 6.07) is 0. The van der Waals surface area contributed by atoms with E-state index in [2.05, 4.69) is 13.8 Å². The molecular weight excluding hydrogens is 264 g/mol. The fourth-order valence-electron chi connectivity index (χ4n) is 7.80. The Bertz CT molecular complexity index is 366. The van der Waals surface area contributed by atoms with Gasteiger partial charge in [-0.2, -0.15) is 0 Å². The molecule has 0 aromatic rings. The van der Waals surface area contributed by atoms with Crippen LogP contribution in [0.5, 0.6) is 0 Å². The Morgan fingerprint density at radius 1 is 0.636 bits per heavy atom. The largest absolute Gasteiger partial charge is 0.0620 e. The van der Waals surface area contributed by atoms with Crippen LogP contribution in [0, 0.1) is 47.3 Å². The van der Waals surface area contributed by atoms with Crippen molar-refractivity contribution < 1.29 is 0 Å². The van der Waals surface area contributed by atoms with Crippen molar-refractivity contribution in [1.82, 2.24) is 0 Å². The lowest BCUT2D eigenvalue weighted by atomic mass is 9.60. The molecule has 7 unspecified atom stereocenters. The predicted molar refractivity (Wildman–Crippen MR) is 94.7 cm³/mol. The van der Waals surface area contributed by atoms with Gasteiger partial charge in [-0.15, -0.1) is 0 Å². The maximum Gasteiger partial charge on any atom is -0.0321 e. The lowest BCUT2D eigenvalue weighted by molar-refractivity contribution is 0.0448. The summed E-state index contributed by atoms with van der Waals surface area (Å²) in [7, 11) is 0. The molecule has 0 spiro atoms. The second-order valence-corrected chi connectivity index (χ2v) is 9.56. The van der Waals surface area contributed by atoms with E-state index in [9.17, 15) is 0 Å². The zero-order valence-electron chi connectivity index (χ0n) is 15.1. The molecule has 4 aliphatic rings. The molecule has 0 N–H and O–H groups in total. The van der Waals surface area contributed by atoms with E-state index in [0.717, 1.165) is 47.3 Å². The van der Waals surface area contributed by atoms with E-state index in [-0.39, 0.29) is 0 Å². The first kappa shape index (κ1) is 15.5. The number of fused-ring (bicyclic) bond motifs is 3. The highest BCUT2D eigenvalue weighted by atomic mass is 14.6. The number of hydrogen-bond donors (Lipinski definition) is 0. The van der Waals surface area contributed by atoms with E-state index in [1.54, 1.807) is 51.4 Å². The number of hydrogen-bond acceptors (Lipinski definition) is 0. The van der Waals surface area contributed by atoms with Gasteiger partial charge in [0.05, 0.1) is 0 Å². The molecule has 7 atom stereocenters. The van der Waals surface area contributed by atoms with Crippen LogP contribution in [0.15, 0.2) is 0 Å². The van der Waals surface area contributed by atoms with Crippen LogP contribution >= 0.6 is 0 Å². The molecular formula is C22H38. The standard InChI is InChI=1S/C22H38/c1-15(17-9-4-3-5-10-17)19-13-8-14-20-16(2)18-11-6-7-12-21(18)22(19)20/h15-22H,3-14H2,1-2H3. The normalized spacial score (nSPS) is 47.7. The number of rotatable bonds is 2. The Hall–Kier alpha value is 0. The van der Waals surface area contributed by atoms with E-state index in [4.69, 9.17) is 0 Å². The quantitative estimate of drug-likeness (QED) is 0.533. The van der Waals surface area contributed by atoms with Crippen molar-refractivity contribution in [1.29, 1.82) is 0 Å². The molecule has 0 saturated heterocycles. The van der Waals surface area contributed by atoms with Gasteiger partial charge in [0.2, 0.25) is 0 Å². The average Bonchev–Trinajstić information content (AvgIpc) is 2.89. The fraction of sp³-hybridized carbons (Fsp3) is 1.00. The van der Waals surface area contributed by atoms with Crippen LogP contribution in [0.2, 0.25) is 0 Å². The summed E-state index contributed by atoms with van der Waals surface area (Å²) >= 11 is 0. The van der Waals surface area contributed by atoms with Crippen molar-refractivity contribution in [3.05, 3.63) is 0 Å². The molecule has 0 amide bonds. The summed E-state index contributed by atoms with van der Waals surface area (Å²) < 4.78 is 0. The van der Waals surface area contributed by atoms with Gasteiger partial charge < -0.3 is 0 Å². The predicted octanol–water partition coefficient (Wildman–Crippen LogP) is 6.69. The van der Waals surface area contributed by atoms with Crippen LogP contribution in [0.4, 0.5) is 0 Å². The first-order chi connectivity index (χ1) is 10.8. The van der Waals surface area contributed by atoms with Crippen LogP contribution in [-0.2, 0) is 0 Å². The highest BCUT2D eigenvalue weighted by molar-refractivity contribution is 5.02. The molecule has 0 aliphatic heterocycles. The Labute approximate surface area is 138 Å². The lowest BCUT2D eigenvalue weighted by Gasteiger charge is -2.45. The van der Waals surface area contributed by atoms with Gasteiger partial charge in [0.15, 0.2) is 0 Å². The zero-order valence-corrected chi connectivity index (χ0v) is 15.1. The molecule has 0 bridgehead atoms. The first-order valence-electron chi connectivity index (χ1n) is 10.8. The Morgan fingerprint density at radius 3 is 2.05 bits per heavy atom. The third-order valence-electron chi connectivity index (χ3n) is 8.85. The van der Waals surface area contributed by atoms with Crippen LogP contribution in [0.1, 0.15) is 90.9 Å². The zero-order chi connectivity index (χ0) is 15.1. The molecule has 4 aliphatic carbocycles. The molecule has 0 nitrogen and oxygen atoms in total. The molecule has 0 aromatic carbocycles. The van der Waals surface area contributed by atoms with Crippen molar-refractivity contribution in [2.75, 3.05) is 0 Å². The molecule has 4 saturated carbocycles. The van der Waals surface area contributed by atoms with Crippen molar-refractivity contribution in [3.8, 4) is 0 Å². The summed E-state index contributed by atoms with van der Waals surface area (Å²) in [5.74, 6) is 8.74. The molecule has 0 aromatic heterocycles. The molecule has 0 radical (unpaired) electrons. The molecule has 0 heterocycles. The third-order valence-corrected chi connectivity index (χ3v) is 8.85. The molecule has 0 heteroatoms. The van der Waals surface area contributed by atoms with Crippen LogP contribution < -0.4 is 0 Å².